The second kappa shape index (κ2) is 10.2. The van der Waals surface area contributed by atoms with E-state index in [1.165, 1.54) is 0 Å². The van der Waals surface area contributed by atoms with Crippen LogP contribution in [0.3, 0.4) is 0 Å². The Morgan fingerprint density at radius 1 is 1.08 bits per heavy atom. The first-order chi connectivity index (χ1) is 17.3. The van der Waals surface area contributed by atoms with Crippen molar-refractivity contribution in [1.82, 2.24) is 14.5 Å². The molecule has 3 heterocycles. The van der Waals surface area contributed by atoms with E-state index in [1.54, 1.807) is 43.8 Å². The van der Waals surface area contributed by atoms with Crippen LogP contribution in [0.2, 0.25) is 10.0 Å². The average molecular weight is 529 g/mol. The molecule has 188 valence electrons. The number of rotatable bonds is 6. The Balaban J connectivity index is 1.32. The Morgan fingerprint density at radius 2 is 1.83 bits per heavy atom. The molecule has 0 N–H and O–H groups in total. The molecule has 3 aromatic rings. The van der Waals surface area contributed by atoms with Crippen LogP contribution in [0, 0.1) is 0 Å². The summed E-state index contributed by atoms with van der Waals surface area (Å²) >= 11 is 12.6. The first-order valence-electron chi connectivity index (χ1n) is 11.7. The van der Waals surface area contributed by atoms with Gasteiger partial charge in [-0.05, 0) is 36.4 Å². The third-order valence-corrected chi connectivity index (χ3v) is 7.17. The van der Waals surface area contributed by atoms with Crippen LogP contribution in [0.15, 0.2) is 61.2 Å². The van der Waals surface area contributed by atoms with E-state index in [4.69, 9.17) is 32.7 Å². The Hall–Kier alpha value is -2.91. The molecule has 10 heteroatoms. The molecule has 0 aliphatic carbocycles. The average Bonchev–Trinajstić information content (AvgIpc) is 3.55. The number of carbonyl (C=O) groups is 2. The van der Waals surface area contributed by atoms with Crippen LogP contribution in [0.5, 0.6) is 0 Å². The number of carbonyl (C=O) groups excluding carboxylic acids is 2. The maximum absolute atomic E-state index is 13.4. The summed E-state index contributed by atoms with van der Waals surface area (Å²) in [6.45, 7) is 4.83. The smallest absolute Gasteiger partial charge is 0.219 e. The summed E-state index contributed by atoms with van der Waals surface area (Å²) in [5, 5.41) is 0.889. The largest absolute Gasteiger partial charge is 0.368 e. The zero-order valence-electron chi connectivity index (χ0n) is 19.8. The molecule has 2 atom stereocenters. The molecule has 2 fully saturated rings. The molecule has 1 unspecified atom stereocenters. The summed E-state index contributed by atoms with van der Waals surface area (Å²) in [7, 11) is 0. The van der Waals surface area contributed by atoms with Crippen LogP contribution >= 0.6 is 23.2 Å². The third kappa shape index (κ3) is 4.99. The minimum atomic E-state index is -1.26. The molecule has 2 aliphatic heterocycles. The van der Waals surface area contributed by atoms with Gasteiger partial charge in [0.05, 0.1) is 24.5 Å². The summed E-state index contributed by atoms with van der Waals surface area (Å²) in [6.07, 6.45) is 4.31. The van der Waals surface area contributed by atoms with Crippen molar-refractivity contribution in [3.63, 3.8) is 0 Å². The number of ether oxygens (including phenoxy) is 2. The van der Waals surface area contributed by atoms with Gasteiger partial charge in [0.1, 0.15) is 6.10 Å². The zero-order valence-corrected chi connectivity index (χ0v) is 21.3. The molecule has 0 saturated carbocycles. The highest BCUT2D eigenvalue weighted by molar-refractivity contribution is 6.35. The molecular formula is C26H26Cl2N4O4. The Morgan fingerprint density at radius 3 is 2.47 bits per heavy atom. The Kier molecular flexibility index (Phi) is 7.03. The molecule has 2 aromatic carbocycles. The molecule has 2 aliphatic rings. The summed E-state index contributed by atoms with van der Waals surface area (Å²) < 4.78 is 14.3. The van der Waals surface area contributed by atoms with Gasteiger partial charge in [-0.15, -0.1) is 0 Å². The van der Waals surface area contributed by atoms with Crippen LogP contribution in [0.4, 0.5) is 5.69 Å². The number of hydrogen-bond donors (Lipinski definition) is 0. The molecule has 36 heavy (non-hydrogen) atoms. The molecule has 5 rings (SSSR count). The van der Waals surface area contributed by atoms with Crippen molar-refractivity contribution >= 4 is 40.6 Å². The van der Waals surface area contributed by atoms with Gasteiger partial charge < -0.3 is 23.8 Å². The third-order valence-electron chi connectivity index (χ3n) is 6.63. The minimum absolute atomic E-state index is 0.0846. The van der Waals surface area contributed by atoms with E-state index in [-0.39, 0.29) is 24.8 Å². The highest BCUT2D eigenvalue weighted by atomic mass is 35.5. The monoisotopic (exact) mass is 528 g/mol. The van der Waals surface area contributed by atoms with Crippen LogP contribution in [0.25, 0.3) is 0 Å². The van der Waals surface area contributed by atoms with Crippen molar-refractivity contribution < 1.29 is 19.1 Å². The van der Waals surface area contributed by atoms with Crippen LogP contribution in [-0.4, -0.2) is 65.0 Å². The number of benzene rings is 2. The normalized spacial score (nSPS) is 22.1. The molecule has 0 spiro atoms. The number of Topliss-reactive ketones (excluding diaryl/α,β-unsaturated/α-hetero) is 1. The van der Waals surface area contributed by atoms with Gasteiger partial charge in [-0.1, -0.05) is 29.3 Å². The predicted molar refractivity (Wildman–Crippen MR) is 136 cm³/mol. The molecule has 1 aromatic heterocycles. The number of nitrogens with zero attached hydrogens (tertiary/aromatic N) is 4. The summed E-state index contributed by atoms with van der Waals surface area (Å²) in [5.41, 5.74) is 2.15. The van der Waals surface area contributed by atoms with Crippen molar-refractivity contribution in [3.8, 4) is 0 Å². The van der Waals surface area contributed by atoms with Crippen molar-refractivity contribution in [2.24, 2.45) is 0 Å². The van der Waals surface area contributed by atoms with E-state index in [0.29, 0.717) is 34.3 Å². The second-order valence-corrected chi connectivity index (χ2v) is 9.78. The van der Waals surface area contributed by atoms with E-state index in [2.05, 4.69) is 9.88 Å². The van der Waals surface area contributed by atoms with Crippen LogP contribution in [-0.2, 0) is 26.6 Å². The van der Waals surface area contributed by atoms with Gasteiger partial charge in [0.2, 0.25) is 11.7 Å². The lowest BCUT2D eigenvalue weighted by Gasteiger charge is -2.35. The Labute approximate surface area is 219 Å². The lowest BCUT2D eigenvalue weighted by atomic mass is 10.0. The summed E-state index contributed by atoms with van der Waals surface area (Å²) in [6, 6.07) is 12.6. The molecule has 0 radical (unpaired) electrons. The van der Waals surface area contributed by atoms with Crippen molar-refractivity contribution in [1.29, 1.82) is 0 Å². The topological polar surface area (TPSA) is 76.9 Å². The second-order valence-electron chi connectivity index (χ2n) is 8.93. The van der Waals surface area contributed by atoms with Gasteiger partial charge in [0, 0.05) is 67.3 Å². The van der Waals surface area contributed by atoms with Gasteiger partial charge in [-0.25, -0.2) is 4.98 Å². The summed E-state index contributed by atoms with van der Waals surface area (Å²) in [4.78, 5) is 33.1. The highest BCUT2D eigenvalue weighted by Gasteiger charge is 2.47. The first-order valence-corrected chi connectivity index (χ1v) is 12.5. The van der Waals surface area contributed by atoms with Gasteiger partial charge in [0.25, 0.3) is 0 Å². The van der Waals surface area contributed by atoms with Crippen LogP contribution in [0.1, 0.15) is 22.8 Å². The van der Waals surface area contributed by atoms with Gasteiger partial charge in [-0.3, -0.25) is 9.59 Å². The van der Waals surface area contributed by atoms with E-state index in [1.807, 2.05) is 33.7 Å². The zero-order chi connectivity index (χ0) is 25.3. The van der Waals surface area contributed by atoms with Gasteiger partial charge >= 0.3 is 0 Å². The van der Waals surface area contributed by atoms with Crippen LogP contribution < -0.4 is 4.90 Å². The SMILES string of the molecule is CC(=O)N1CCN(c2ccc(C(=O)C3CO[C@](Cn4ccnc4)(c4ccc(Cl)cc4Cl)O3)cc2)CC1. The molecule has 0 bridgehead atoms. The maximum Gasteiger partial charge on any atom is 0.219 e. The quantitative estimate of drug-likeness (QED) is 0.450. The van der Waals surface area contributed by atoms with Crippen molar-refractivity contribution in [2.45, 2.75) is 25.4 Å². The van der Waals surface area contributed by atoms with E-state index in [9.17, 15) is 9.59 Å². The van der Waals surface area contributed by atoms with E-state index >= 15 is 0 Å². The Bertz CT molecular complexity index is 1240. The lowest BCUT2D eigenvalue weighted by Crippen LogP contribution is -2.48. The predicted octanol–water partition coefficient (Wildman–Crippen LogP) is 4.01. The molecule has 8 nitrogen and oxygen atoms in total. The number of aromatic nitrogens is 2. The highest BCUT2D eigenvalue weighted by Crippen LogP contribution is 2.41. The number of amides is 1. The van der Waals surface area contributed by atoms with E-state index in [0.717, 1.165) is 18.8 Å². The van der Waals surface area contributed by atoms with Gasteiger partial charge in [0.15, 0.2) is 5.78 Å². The van der Waals surface area contributed by atoms with Crippen molar-refractivity contribution in [2.75, 3.05) is 37.7 Å². The first kappa shape index (κ1) is 24.8. The maximum atomic E-state index is 13.4. The number of imidazole rings is 1. The van der Waals surface area contributed by atoms with E-state index < -0.39 is 11.9 Å². The van der Waals surface area contributed by atoms with Crippen molar-refractivity contribution in [3.05, 3.63) is 82.4 Å². The fourth-order valence-corrected chi connectivity index (χ4v) is 5.22. The number of ketones is 1. The fraction of sp³-hybridized carbons (Fsp3) is 0.346. The number of halogens is 2. The molecule has 1 amide bonds. The molecular weight excluding hydrogens is 503 g/mol. The summed E-state index contributed by atoms with van der Waals surface area (Å²) in [5.74, 6) is -1.34. The standard InChI is InChI=1S/C26H26Cl2N4O4/c1-18(33)31-10-12-32(13-11-31)21-5-2-19(3-6-21)25(34)24-15-35-26(36-24,16-30-9-8-29-17-30)22-7-4-20(27)14-23(22)28/h2-9,14,17,24H,10-13,15-16H2,1H3/t24?,26-/m0/s1. The number of anilines is 1. The minimum Gasteiger partial charge on any atom is -0.368 e. The van der Waals surface area contributed by atoms with Gasteiger partial charge in [-0.2, -0.15) is 0 Å². The fourth-order valence-electron chi connectivity index (χ4n) is 4.67. The molecule has 2 saturated heterocycles. The number of piperazine rings is 1. The number of hydrogen-bond acceptors (Lipinski definition) is 6. The lowest BCUT2D eigenvalue weighted by molar-refractivity contribution is -0.182.